The van der Waals surface area contributed by atoms with E-state index in [1.807, 2.05) is 0 Å². The summed E-state index contributed by atoms with van der Waals surface area (Å²) in [7, 11) is 0.00895. The summed E-state index contributed by atoms with van der Waals surface area (Å²) in [6.07, 6.45) is 0. The van der Waals surface area contributed by atoms with Gasteiger partial charge in [-0.2, -0.15) is 0 Å². The summed E-state index contributed by atoms with van der Waals surface area (Å²) in [5.41, 5.74) is 0.736. The Balaban J connectivity index is 2.39. The second kappa shape index (κ2) is 5.16. The maximum atomic E-state index is 12.0. The highest BCUT2D eigenvalue weighted by molar-refractivity contribution is 7.91. The second-order valence-corrected chi connectivity index (χ2v) is 6.48. The Morgan fingerprint density at radius 1 is 1.22 bits per heavy atom. The molecule has 1 aromatic carbocycles. The first kappa shape index (κ1) is 13.2. The number of benzene rings is 1. The van der Waals surface area contributed by atoms with E-state index in [0.717, 1.165) is 5.56 Å². The van der Waals surface area contributed by atoms with Crippen LogP contribution < -0.4 is 14.8 Å². The van der Waals surface area contributed by atoms with E-state index < -0.39 is 15.1 Å². The van der Waals surface area contributed by atoms with Gasteiger partial charge in [-0.05, 0) is 17.7 Å². The Kier molecular flexibility index (Phi) is 3.77. The van der Waals surface area contributed by atoms with E-state index >= 15 is 0 Å². The fraction of sp³-hybridized carbons (Fsp3) is 0.500. The third-order valence-electron chi connectivity index (χ3n) is 3.11. The number of hydrogen-bond donors (Lipinski definition) is 1. The lowest BCUT2D eigenvalue weighted by molar-refractivity contribution is 0.354. The number of sulfone groups is 1. The van der Waals surface area contributed by atoms with Crippen molar-refractivity contribution in [1.82, 2.24) is 5.32 Å². The van der Waals surface area contributed by atoms with Gasteiger partial charge in [0, 0.05) is 13.1 Å². The molecule has 1 atom stereocenters. The molecule has 100 valence electrons. The summed E-state index contributed by atoms with van der Waals surface area (Å²) in [5.74, 6) is 1.32. The van der Waals surface area contributed by atoms with E-state index in [1.54, 1.807) is 25.3 Å². The van der Waals surface area contributed by atoms with Crippen molar-refractivity contribution in [3.63, 3.8) is 0 Å². The lowest BCUT2D eigenvalue weighted by Crippen LogP contribution is -2.38. The van der Waals surface area contributed by atoms with E-state index in [0.29, 0.717) is 24.6 Å². The Bertz CT molecular complexity index is 527. The third-order valence-corrected chi connectivity index (χ3v) is 5.18. The SMILES string of the molecule is COc1ccc(C2CNCCS2(=O)=O)cc1OC. The Morgan fingerprint density at radius 3 is 2.56 bits per heavy atom. The van der Waals surface area contributed by atoms with Crippen molar-refractivity contribution in [3.05, 3.63) is 23.8 Å². The van der Waals surface area contributed by atoms with Crippen LogP contribution in [0.4, 0.5) is 0 Å². The van der Waals surface area contributed by atoms with Crippen molar-refractivity contribution in [1.29, 1.82) is 0 Å². The number of ether oxygens (including phenoxy) is 2. The van der Waals surface area contributed by atoms with E-state index in [2.05, 4.69) is 5.32 Å². The first-order valence-electron chi connectivity index (χ1n) is 5.72. The Hall–Kier alpha value is -1.27. The van der Waals surface area contributed by atoms with Gasteiger partial charge in [-0.25, -0.2) is 8.42 Å². The van der Waals surface area contributed by atoms with Crippen LogP contribution in [-0.2, 0) is 9.84 Å². The standard InChI is InChI=1S/C12H17NO4S/c1-16-10-4-3-9(7-11(10)17-2)12-8-13-5-6-18(12,14)15/h3-4,7,12-13H,5-6,8H2,1-2H3. The zero-order valence-electron chi connectivity index (χ0n) is 10.5. The molecule has 0 radical (unpaired) electrons. The number of hydrogen-bond acceptors (Lipinski definition) is 5. The molecule has 0 saturated carbocycles. The summed E-state index contributed by atoms with van der Waals surface area (Å²) in [6.45, 7) is 0.962. The molecule has 0 aromatic heterocycles. The highest BCUT2D eigenvalue weighted by atomic mass is 32.2. The fourth-order valence-corrected chi connectivity index (χ4v) is 3.74. The van der Waals surface area contributed by atoms with Gasteiger partial charge in [-0.15, -0.1) is 0 Å². The molecule has 0 bridgehead atoms. The van der Waals surface area contributed by atoms with E-state index in [9.17, 15) is 8.42 Å². The molecule has 1 fully saturated rings. The molecular weight excluding hydrogens is 254 g/mol. The van der Waals surface area contributed by atoms with Crippen molar-refractivity contribution in [2.75, 3.05) is 33.1 Å². The fourth-order valence-electron chi connectivity index (χ4n) is 2.10. The van der Waals surface area contributed by atoms with Gasteiger partial charge in [-0.3, -0.25) is 0 Å². The van der Waals surface area contributed by atoms with Crippen molar-refractivity contribution in [2.45, 2.75) is 5.25 Å². The molecule has 5 nitrogen and oxygen atoms in total. The van der Waals surface area contributed by atoms with Gasteiger partial charge in [0.15, 0.2) is 21.3 Å². The van der Waals surface area contributed by atoms with Crippen LogP contribution in [-0.4, -0.2) is 41.5 Å². The lowest BCUT2D eigenvalue weighted by atomic mass is 10.1. The molecule has 1 saturated heterocycles. The van der Waals surface area contributed by atoms with Crippen LogP contribution in [0.5, 0.6) is 11.5 Å². The zero-order chi connectivity index (χ0) is 13.2. The quantitative estimate of drug-likeness (QED) is 0.879. The number of methoxy groups -OCH3 is 2. The predicted molar refractivity (Wildman–Crippen MR) is 68.9 cm³/mol. The van der Waals surface area contributed by atoms with Crippen LogP contribution in [0.2, 0.25) is 0 Å². The molecule has 6 heteroatoms. The number of rotatable bonds is 3. The topological polar surface area (TPSA) is 64.6 Å². The zero-order valence-corrected chi connectivity index (χ0v) is 11.3. The maximum absolute atomic E-state index is 12.0. The van der Waals surface area contributed by atoms with Crippen molar-refractivity contribution >= 4 is 9.84 Å². The third kappa shape index (κ3) is 2.44. The molecule has 0 amide bonds. The minimum atomic E-state index is -3.08. The predicted octanol–water partition coefficient (Wildman–Crippen LogP) is 0.763. The van der Waals surface area contributed by atoms with E-state index in [-0.39, 0.29) is 5.75 Å². The summed E-state index contributed by atoms with van der Waals surface area (Å²) < 4.78 is 34.4. The van der Waals surface area contributed by atoms with Crippen LogP contribution in [0.15, 0.2) is 18.2 Å². The van der Waals surface area contributed by atoms with Crippen molar-refractivity contribution in [2.24, 2.45) is 0 Å². The molecule has 1 aliphatic heterocycles. The maximum Gasteiger partial charge on any atom is 0.161 e. The van der Waals surface area contributed by atoms with Gasteiger partial charge in [-0.1, -0.05) is 6.07 Å². The minimum Gasteiger partial charge on any atom is -0.493 e. The van der Waals surface area contributed by atoms with Gasteiger partial charge in [0.1, 0.15) is 0 Å². The van der Waals surface area contributed by atoms with Gasteiger partial charge in [0.05, 0.1) is 25.2 Å². The molecule has 1 N–H and O–H groups in total. The van der Waals surface area contributed by atoms with Crippen LogP contribution in [0.25, 0.3) is 0 Å². The largest absolute Gasteiger partial charge is 0.493 e. The molecule has 0 spiro atoms. The summed E-state index contributed by atoms with van der Waals surface area (Å²) >= 11 is 0. The smallest absolute Gasteiger partial charge is 0.161 e. The molecule has 18 heavy (non-hydrogen) atoms. The Morgan fingerprint density at radius 2 is 1.94 bits per heavy atom. The monoisotopic (exact) mass is 271 g/mol. The molecule has 0 aliphatic carbocycles. The highest BCUT2D eigenvalue weighted by Gasteiger charge is 2.30. The number of nitrogens with one attached hydrogen (secondary N) is 1. The van der Waals surface area contributed by atoms with Crippen LogP contribution in [0, 0.1) is 0 Å². The van der Waals surface area contributed by atoms with Crippen LogP contribution in [0.3, 0.4) is 0 Å². The van der Waals surface area contributed by atoms with Crippen LogP contribution in [0.1, 0.15) is 10.8 Å². The van der Waals surface area contributed by atoms with E-state index in [1.165, 1.54) is 7.11 Å². The normalized spacial score (nSPS) is 22.4. The molecule has 1 unspecified atom stereocenters. The molecule has 1 aliphatic rings. The Labute approximate surface area is 107 Å². The van der Waals surface area contributed by atoms with Crippen molar-refractivity contribution < 1.29 is 17.9 Å². The second-order valence-electron chi connectivity index (χ2n) is 4.17. The minimum absolute atomic E-state index is 0.173. The molecular formula is C12H17NO4S. The van der Waals surface area contributed by atoms with Gasteiger partial charge >= 0.3 is 0 Å². The molecule has 1 aromatic rings. The van der Waals surface area contributed by atoms with Gasteiger partial charge in [0.2, 0.25) is 0 Å². The van der Waals surface area contributed by atoms with Gasteiger partial charge in [0.25, 0.3) is 0 Å². The molecule has 1 heterocycles. The average molecular weight is 271 g/mol. The van der Waals surface area contributed by atoms with E-state index in [4.69, 9.17) is 9.47 Å². The summed E-state index contributed by atoms with van der Waals surface area (Å²) in [4.78, 5) is 0. The first-order valence-corrected chi connectivity index (χ1v) is 7.44. The van der Waals surface area contributed by atoms with Gasteiger partial charge < -0.3 is 14.8 Å². The molecule has 2 rings (SSSR count). The lowest BCUT2D eigenvalue weighted by Gasteiger charge is -2.24. The first-order chi connectivity index (χ1) is 8.58. The summed E-state index contributed by atoms with van der Waals surface area (Å²) in [5, 5.41) is 2.60. The van der Waals surface area contributed by atoms with Crippen LogP contribution >= 0.6 is 0 Å². The highest BCUT2D eigenvalue weighted by Crippen LogP contribution is 2.33. The summed E-state index contributed by atoms with van der Waals surface area (Å²) in [6, 6.07) is 5.24. The average Bonchev–Trinajstić information content (AvgIpc) is 2.37. The van der Waals surface area contributed by atoms with Crippen molar-refractivity contribution in [3.8, 4) is 11.5 Å².